The number of hydrogen-bond acceptors (Lipinski definition) is 3. The predicted molar refractivity (Wildman–Crippen MR) is 202 cm³/mol. The van der Waals surface area contributed by atoms with Gasteiger partial charge in [0.1, 0.15) is 5.82 Å². The van der Waals surface area contributed by atoms with Crippen LogP contribution in [0.3, 0.4) is 0 Å². The van der Waals surface area contributed by atoms with E-state index >= 15 is 0 Å². The Morgan fingerprint density at radius 1 is 0.760 bits per heavy atom. The molecule has 0 fully saturated rings. The van der Waals surface area contributed by atoms with E-state index in [0.29, 0.717) is 29.3 Å². The standard InChI is InChI=1S/C44H44N4O.Pt/c1-27(2)17-32-15-16-45-43(22-32)48-41-12-10-9-11-37(41)38-14-13-35(24-42(38)48)49-36-19-30(7)18-34(23-36)47-26-33(25-46-47)44-39(28(3)4)20-31(8)21-40(44)29(5)6;/h9-16,18-22,25-29H,17H2,1-8H3;/q-2;+2. The number of pyridine rings is 1. The Balaban J connectivity index is 0.00000432. The molecule has 0 atom stereocenters. The van der Waals surface area contributed by atoms with Crippen molar-refractivity contribution in [3.8, 4) is 34.1 Å². The smallest absolute Gasteiger partial charge is 0.509 e. The molecular weight excluding hydrogens is 796 g/mol. The van der Waals surface area contributed by atoms with Crippen LogP contribution in [0.15, 0.2) is 91.4 Å². The van der Waals surface area contributed by atoms with E-state index in [1.807, 2.05) is 29.2 Å². The van der Waals surface area contributed by atoms with Gasteiger partial charge in [-0.3, -0.25) is 4.68 Å². The van der Waals surface area contributed by atoms with Crippen LogP contribution in [0.25, 0.3) is 44.4 Å². The van der Waals surface area contributed by atoms with Gasteiger partial charge >= 0.3 is 21.1 Å². The van der Waals surface area contributed by atoms with E-state index in [1.54, 1.807) is 0 Å². The summed E-state index contributed by atoms with van der Waals surface area (Å²) in [6.45, 7) is 17.8. The van der Waals surface area contributed by atoms with E-state index in [9.17, 15) is 0 Å². The van der Waals surface area contributed by atoms with Crippen molar-refractivity contribution in [2.24, 2.45) is 5.92 Å². The molecule has 0 saturated heterocycles. The van der Waals surface area contributed by atoms with Gasteiger partial charge in [-0.1, -0.05) is 89.9 Å². The molecule has 256 valence electrons. The van der Waals surface area contributed by atoms with Crippen molar-refractivity contribution < 1.29 is 25.8 Å². The molecule has 0 bridgehead atoms. The second-order valence-electron chi connectivity index (χ2n) is 14.4. The summed E-state index contributed by atoms with van der Waals surface area (Å²) in [6, 6.07) is 32.7. The molecule has 0 unspecified atom stereocenters. The van der Waals surface area contributed by atoms with Crippen LogP contribution in [0.1, 0.15) is 81.2 Å². The Hall–Kier alpha value is -4.47. The van der Waals surface area contributed by atoms with Crippen molar-refractivity contribution in [1.82, 2.24) is 19.3 Å². The molecular formula is C44H44N4OPt. The van der Waals surface area contributed by atoms with Crippen molar-refractivity contribution in [3.05, 3.63) is 131 Å². The van der Waals surface area contributed by atoms with Crippen molar-refractivity contribution in [2.75, 3.05) is 0 Å². The minimum atomic E-state index is 0. The molecule has 0 N–H and O–H groups in total. The molecule has 50 heavy (non-hydrogen) atoms. The van der Waals surface area contributed by atoms with Crippen LogP contribution < -0.4 is 4.74 Å². The van der Waals surface area contributed by atoms with Crippen molar-refractivity contribution in [3.63, 3.8) is 0 Å². The first-order valence-electron chi connectivity index (χ1n) is 17.4. The number of nitrogens with zero attached hydrogens (tertiary/aromatic N) is 4. The van der Waals surface area contributed by atoms with E-state index in [-0.39, 0.29) is 21.1 Å². The minimum absolute atomic E-state index is 0. The number of ether oxygens (including phenoxy) is 1. The molecule has 6 heteroatoms. The summed E-state index contributed by atoms with van der Waals surface area (Å²) in [6.07, 6.45) is 7.00. The molecule has 0 aliphatic carbocycles. The predicted octanol–water partition coefficient (Wildman–Crippen LogP) is 11.5. The van der Waals surface area contributed by atoms with Gasteiger partial charge in [0.25, 0.3) is 0 Å². The number of aryl methyl sites for hydroxylation is 2. The molecule has 0 radical (unpaired) electrons. The minimum Gasteiger partial charge on any atom is -0.509 e. The Kier molecular flexibility index (Phi) is 10.2. The zero-order chi connectivity index (χ0) is 34.4. The molecule has 0 spiro atoms. The van der Waals surface area contributed by atoms with Gasteiger partial charge in [0, 0.05) is 35.0 Å². The first-order chi connectivity index (χ1) is 23.5. The van der Waals surface area contributed by atoms with Gasteiger partial charge in [0.15, 0.2) is 0 Å². The Labute approximate surface area is 310 Å². The Morgan fingerprint density at radius 3 is 2.20 bits per heavy atom. The van der Waals surface area contributed by atoms with Crippen LogP contribution in [-0.4, -0.2) is 19.3 Å². The van der Waals surface area contributed by atoms with Gasteiger partial charge < -0.3 is 9.30 Å². The van der Waals surface area contributed by atoms with E-state index in [0.717, 1.165) is 50.9 Å². The van der Waals surface area contributed by atoms with E-state index in [1.165, 1.54) is 27.8 Å². The van der Waals surface area contributed by atoms with Crippen LogP contribution in [0.5, 0.6) is 11.5 Å². The maximum absolute atomic E-state index is 6.51. The molecule has 0 aliphatic heterocycles. The van der Waals surface area contributed by atoms with Gasteiger partial charge in [0.05, 0.1) is 6.20 Å². The molecule has 0 amide bonds. The number of benzene rings is 4. The molecule has 3 heterocycles. The van der Waals surface area contributed by atoms with Crippen LogP contribution in [-0.2, 0) is 27.5 Å². The average molecular weight is 840 g/mol. The number of rotatable bonds is 9. The maximum Gasteiger partial charge on any atom is 2.00 e. The molecule has 7 aromatic rings. The third kappa shape index (κ3) is 6.94. The Bertz CT molecular complexity index is 2280. The summed E-state index contributed by atoms with van der Waals surface area (Å²) < 4.78 is 10.6. The maximum atomic E-state index is 6.51. The zero-order valence-electron chi connectivity index (χ0n) is 30.1. The molecule has 4 aromatic carbocycles. The fourth-order valence-electron chi connectivity index (χ4n) is 6.98. The second-order valence-corrected chi connectivity index (χ2v) is 14.4. The first-order valence-corrected chi connectivity index (χ1v) is 17.4. The average Bonchev–Trinajstić information content (AvgIpc) is 3.67. The summed E-state index contributed by atoms with van der Waals surface area (Å²) in [4.78, 5) is 4.80. The number of aromatic nitrogens is 4. The number of hydrogen-bond donors (Lipinski definition) is 0. The fourth-order valence-corrected chi connectivity index (χ4v) is 6.98. The molecule has 0 saturated carbocycles. The van der Waals surface area contributed by atoms with Gasteiger partial charge in [-0.2, -0.15) is 16.7 Å². The van der Waals surface area contributed by atoms with Crippen molar-refractivity contribution in [1.29, 1.82) is 0 Å². The SMILES string of the molecule is Cc1cc(Oc2[c-]c3c(cc2)c2ccccc2n3-c2cc(CC(C)C)ccn2)[c-]c(-n2cc(-c3c(C(C)C)cc(C)cc3C(C)C)cn2)c1.[Pt+2]. The first kappa shape index (κ1) is 35.4. The van der Waals surface area contributed by atoms with E-state index in [4.69, 9.17) is 14.8 Å². The van der Waals surface area contributed by atoms with Gasteiger partial charge in [-0.25, -0.2) is 4.98 Å². The van der Waals surface area contributed by atoms with Crippen LogP contribution in [0, 0.1) is 31.9 Å². The quantitative estimate of drug-likeness (QED) is 0.136. The Morgan fingerprint density at radius 2 is 1.48 bits per heavy atom. The van der Waals surface area contributed by atoms with E-state index in [2.05, 4.69) is 139 Å². The van der Waals surface area contributed by atoms with Crippen LogP contribution in [0.2, 0.25) is 0 Å². The fraction of sp³-hybridized carbons (Fsp3) is 0.273. The third-order valence-electron chi connectivity index (χ3n) is 9.14. The summed E-state index contributed by atoms with van der Waals surface area (Å²) >= 11 is 0. The molecule has 7 rings (SSSR count). The monoisotopic (exact) mass is 839 g/mol. The van der Waals surface area contributed by atoms with Crippen molar-refractivity contribution >= 4 is 21.8 Å². The van der Waals surface area contributed by atoms with E-state index < -0.39 is 0 Å². The summed E-state index contributed by atoms with van der Waals surface area (Å²) in [5.74, 6) is 3.46. The molecule has 3 aromatic heterocycles. The van der Waals surface area contributed by atoms with Crippen molar-refractivity contribution in [2.45, 2.75) is 73.6 Å². The van der Waals surface area contributed by atoms with Gasteiger partial charge in [-0.05, 0) is 82.6 Å². The topological polar surface area (TPSA) is 44.9 Å². The largest absolute Gasteiger partial charge is 2.00 e. The van der Waals surface area contributed by atoms with Gasteiger partial charge in [-0.15, -0.1) is 35.7 Å². The number of fused-ring (bicyclic) bond motifs is 3. The van der Waals surface area contributed by atoms with Gasteiger partial charge in [0.2, 0.25) is 0 Å². The van der Waals surface area contributed by atoms with Crippen LogP contribution in [0.4, 0.5) is 0 Å². The molecule has 5 nitrogen and oxygen atoms in total. The molecule has 0 aliphatic rings. The summed E-state index contributed by atoms with van der Waals surface area (Å²) in [5, 5.41) is 7.09. The van der Waals surface area contributed by atoms with Crippen LogP contribution >= 0.6 is 0 Å². The summed E-state index contributed by atoms with van der Waals surface area (Å²) in [7, 11) is 0. The zero-order valence-corrected chi connectivity index (χ0v) is 32.4. The third-order valence-corrected chi connectivity index (χ3v) is 9.14. The second kappa shape index (κ2) is 14.4. The summed E-state index contributed by atoms with van der Waals surface area (Å²) in [5.41, 5.74) is 11.6. The number of para-hydroxylation sites is 1. The normalized spacial score (nSPS) is 11.7.